The molecule has 1 aromatic carbocycles. The third-order valence-corrected chi connectivity index (χ3v) is 3.00. The Labute approximate surface area is 97.5 Å². The van der Waals surface area contributed by atoms with Crippen LogP contribution in [0.2, 0.25) is 0 Å². The molecule has 1 aliphatic rings. The van der Waals surface area contributed by atoms with E-state index >= 15 is 0 Å². The summed E-state index contributed by atoms with van der Waals surface area (Å²) >= 11 is 0. The highest BCUT2D eigenvalue weighted by atomic mass is 16.5. The Bertz CT molecular complexity index is 397. The fraction of sp³-hybridized carbons (Fsp3) is 0.429. The van der Waals surface area contributed by atoms with Crippen molar-refractivity contribution in [3.63, 3.8) is 0 Å². The predicted octanol–water partition coefficient (Wildman–Crippen LogP) is 3.29. The lowest BCUT2D eigenvalue weighted by molar-refractivity contribution is 0.295. The van der Waals surface area contributed by atoms with E-state index in [2.05, 4.69) is 49.1 Å². The van der Waals surface area contributed by atoms with Crippen LogP contribution in [0.4, 0.5) is 5.69 Å². The predicted molar refractivity (Wildman–Crippen MR) is 68.5 cm³/mol. The zero-order valence-corrected chi connectivity index (χ0v) is 10.2. The van der Waals surface area contributed by atoms with Gasteiger partial charge in [0.1, 0.15) is 5.76 Å². The number of benzene rings is 1. The van der Waals surface area contributed by atoms with E-state index in [4.69, 9.17) is 4.74 Å². The largest absolute Gasteiger partial charge is 0.493 e. The Hall–Kier alpha value is -1.44. The molecular weight excluding hydrogens is 198 g/mol. The van der Waals surface area contributed by atoms with E-state index in [9.17, 15) is 0 Å². The van der Waals surface area contributed by atoms with Gasteiger partial charge in [-0.15, -0.1) is 0 Å². The number of likely N-dealkylation sites (N-methyl/N-ethyl adjacent to an activating group) is 1. The molecule has 1 aromatic rings. The van der Waals surface area contributed by atoms with Gasteiger partial charge in [-0.3, -0.25) is 0 Å². The fourth-order valence-electron chi connectivity index (χ4n) is 2.29. The molecule has 0 N–H and O–H groups in total. The van der Waals surface area contributed by atoms with Gasteiger partial charge < -0.3 is 9.64 Å². The second-order valence-corrected chi connectivity index (χ2v) is 4.01. The van der Waals surface area contributed by atoms with Crippen LogP contribution in [-0.4, -0.2) is 19.2 Å². The molecule has 1 atom stereocenters. The van der Waals surface area contributed by atoms with Gasteiger partial charge in [0.2, 0.25) is 0 Å². The van der Waals surface area contributed by atoms with Crippen molar-refractivity contribution in [2.45, 2.75) is 26.8 Å². The van der Waals surface area contributed by atoms with Crippen molar-refractivity contribution >= 4 is 11.4 Å². The van der Waals surface area contributed by atoms with Crippen molar-refractivity contribution in [3.05, 3.63) is 35.9 Å². The van der Waals surface area contributed by atoms with Crippen molar-refractivity contribution in [1.82, 2.24) is 0 Å². The molecule has 0 saturated heterocycles. The average Bonchev–Trinajstić information content (AvgIpc) is 2.30. The van der Waals surface area contributed by atoms with Crippen LogP contribution < -0.4 is 4.90 Å². The molecule has 0 aromatic heterocycles. The van der Waals surface area contributed by atoms with Crippen LogP contribution in [0.3, 0.4) is 0 Å². The molecule has 16 heavy (non-hydrogen) atoms. The average molecular weight is 217 g/mol. The third kappa shape index (κ3) is 1.80. The van der Waals surface area contributed by atoms with Gasteiger partial charge in [0.15, 0.2) is 0 Å². The quantitative estimate of drug-likeness (QED) is 0.770. The minimum absolute atomic E-state index is 0.404. The highest BCUT2D eigenvalue weighted by molar-refractivity contribution is 5.77. The van der Waals surface area contributed by atoms with E-state index in [0.717, 1.165) is 18.9 Å². The summed E-state index contributed by atoms with van der Waals surface area (Å²) in [7, 11) is 0. The van der Waals surface area contributed by atoms with Gasteiger partial charge in [0.05, 0.1) is 6.61 Å². The smallest absolute Gasteiger partial charge is 0.126 e. The summed E-state index contributed by atoms with van der Waals surface area (Å²) in [6.45, 7) is 8.17. The van der Waals surface area contributed by atoms with E-state index in [1.807, 2.05) is 6.92 Å². The summed E-state index contributed by atoms with van der Waals surface area (Å²) < 4.78 is 5.71. The number of anilines is 1. The minimum atomic E-state index is 0.404. The van der Waals surface area contributed by atoms with Crippen molar-refractivity contribution in [3.8, 4) is 0 Å². The van der Waals surface area contributed by atoms with Crippen LogP contribution in [0.1, 0.15) is 26.3 Å². The molecule has 0 spiro atoms. The molecule has 86 valence electrons. The molecule has 2 heteroatoms. The van der Waals surface area contributed by atoms with Gasteiger partial charge in [-0.05, 0) is 39.0 Å². The van der Waals surface area contributed by atoms with E-state index in [1.165, 1.54) is 11.3 Å². The van der Waals surface area contributed by atoms with Crippen LogP contribution in [0, 0.1) is 0 Å². The maximum Gasteiger partial charge on any atom is 0.126 e. The molecule has 1 aliphatic heterocycles. The maximum atomic E-state index is 5.71. The minimum Gasteiger partial charge on any atom is -0.493 e. The van der Waals surface area contributed by atoms with Gasteiger partial charge in [-0.25, -0.2) is 0 Å². The fourth-order valence-corrected chi connectivity index (χ4v) is 2.29. The Morgan fingerprint density at radius 2 is 2.00 bits per heavy atom. The van der Waals surface area contributed by atoms with Gasteiger partial charge in [-0.2, -0.15) is 0 Å². The van der Waals surface area contributed by atoms with Crippen LogP contribution in [0.15, 0.2) is 30.3 Å². The topological polar surface area (TPSA) is 12.5 Å². The van der Waals surface area contributed by atoms with Gasteiger partial charge >= 0.3 is 0 Å². The standard InChI is InChI=1S/C14H19NO/c1-4-15-11(3)10-14(16-5-2)12-8-6-7-9-13(12)15/h6-11H,4-5H2,1-3H3. The number of hydrogen-bond donors (Lipinski definition) is 0. The van der Waals surface area contributed by atoms with E-state index < -0.39 is 0 Å². The molecule has 0 aliphatic carbocycles. The van der Waals surface area contributed by atoms with Gasteiger partial charge in [0.25, 0.3) is 0 Å². The zero-order valence-electron chi connectivity index (χ0n) is 10.2. The Balaban J connectivity index is 2.45. The van der Waals surface area contributed by atoms with E-state index in [-0.39, 0.29) is 0 Å². The zero-order chi connectivity index (χ0) is 11.5. The van der Waals surface area contributed by atoms with Crippen molar-refractivity contribution in [2.24, 2.45) is 0 Å². The number of fused-ring (bicyclic) bond motifs is 1. The molecule has 2 nitrogen and oxygen atoms in total. The molecule has 0 saturated carbocycles. The Morgan fingerprint density at radius 3 is 2.69 bits per heavy atom. The van der Waals surface area contributed by atoms with Crippen LogP contribution in [0.5, 0.6) is 0 Å². The van der Waals surface area contributed by atoms with Crippen LogP contribution in [0.25, 0.3) is 5.76 Å². The first-order chi connectivity index (χ1) is 7.77. The molecule has 0 fully saturated rings. The highest BCUT2D eigenvalue weighted by Gasteiger charge is 2.22. The van der Waals surface area contributed by atoms with Gasteiger partial charge in [-0.1, -0.05) is 12.1 Å². The van der Waals surface area contributed by atoms with Crippen LogP contribution >= 0.6 is 0 Å². The lowest BCUT2D eigenvalue weighted by Crippen LogP contribution is -2.34. The van der Waals surface area contributed by atoms with Crippen molar-refractivity contribution in [1.29, 1.82) is 0 Å². The molecule has 0 amide bonds. The number of para-hydroxylation sites is 1. The Morgan fingerprint density at radius 1 is 1.25 bits per heavy atom. The SMILES string of the molecule is CCOC1=CC(C)N(CC)c2ccccc21. The lowest BCUT2D eigenvalue weighted by Gasteiger charge is -2.34. The summed E-state index contributed by atoms with van der Waals surface area (Å²) in [5.74, 6) is 1.02. The normalized spacial score (nSPS) is 19.1. The number of ether oxygens (including phenoxy) is 1. The monoisotopic (exact) mass is 217 g/mol. The first kappa shape index (κ1) is 11.1. The lowest BCUT2D eigenvalue weighted by atomic mass is 10.0. The number of nitrogens with zero attached hydrogens (tertiary/aromatic N) is 1. The summed E-state index contributed by atoms with van der Waals surface area (Å²) in [6, 6.07) is 8.85. The number of hydrogen-bond acceptors (Lipinski definition) is 2. The molecule has 0 bridgehead atoms. The van der Waals surface area contributed by atoms with E-state index in [0.29, 0.717) is 6.04 Å². The van der Waals surface area contributed by atoms with Crippen LogP contribution in [-0.2, 0) is 4.74 Å². The Kier molecular flexibility index (Phi) is 3.18. The molecule has 0 radical (unpaired) electrons. The summed E-state index contributed by atoms with van der Waals surface area (Å²) in [5, 5.41) is 0. The third-order valence-electron chi connectivity index (χ3n) is 3.00. The summed E-state index contributed by atoms with van der Waals surface area (Å²) in [6.07, 6.45) is 2.20. The van der Waals surface area contributed by atoms with Crippen molar-refractivity contribution in [2.75, 3.05) is 18.1 Å². The molecule has 1 unspecified atom stereocenters. The highest BCUT2D eigenvalue weighted by Crippen LogP contribution is 2.34. The number of rotatable bonds is 3. The second kappa shape index (κ2) is 4.60. The second-order valence-electron chi connectivity index (χ2n) is 4.01. The molecule has 2 rings (SSSR count). The molecular formula is C14H19NO. The van der Waals surface area contributed by atoms with E-state index in [1.54, 1.807) is 0 Å². The first-order valence-electron chi connectivity index (χ1n) is 5.98. The maximum absolute atomic E-state index is 5.71. The summed E-state index contributed by atoms with van der Waals surface area (Å²) in [4.78, 5) is 2.39. The molecule has 1 heterocycles. The first-order valence-corrected chi connectivity index (χ1v) is 5.98. The van der Waals surface area contributed by atoms with Crippen molar-refractivity contribution < 1.29 is 4.74 Å². The summed E-state index contributed by atoms with van der Waals surface area (Å²) in [5.41, 5.74) is 2.49. The van der Waals surface area contributed by atoms with Gasteiger partial charge in [0, 0.05) is 23.8 Å².